The van der Waals surface area contributed by atoms with Gasteiger partial charge in [-0.2, -0.15) is 0 Å². The van der Waals surface area contributed by atoms with Crippen LogP contribution in [0.1, 0.15) is 35.2 Å². The molecule has 4 aromatic carbocycles. The maximum Gasteiger partial charge on any atom is 0.163 e. The maximum atomic E-state index is 11.4. The Labute approximate surface area is 208 Å². The van der Waals surface area contributed by atoms with Crippen LogP contribution in [0.4, 0.5) is 0 Å². The Hall–Kier alpha value is -3.54. The summed E-state index contributed by atoms with van der Waals surface area (Å²) in [6.07, 6.45) is 1.58. The van der Waals surface area contributed by atoms with E-state index in [1.54, 1.807) is 6.26 Å². The molecule has 0 spiro atoms. The number of nitrogens with one attached hydrogen (secondary N) is 1. The molecule has 4 nitrogen and oxygen atoms in total. The number of fused-ring (bicyclic) bond motifs is 1. The summed E-state index contributed by atoms with van der Waals surface area (Å²) >= 11 is 3.53. The van der Waals surface area contributed by atoms with Crippen molar-refractivity contribution in [1.29, 1.82) is 0 Å². The van der Waals surface area contributed by atoms with E-state index in [0.29, 0.717) is 11.6 Å². The van der Waals surface area contributed by atoms with Crippen molar-refractivity contribution in [2.24, 2.45) is 0 Å². The van der Waals surface area contributed by atoms with Gasteiger partial charge in [-0.05, 0) is 41.8 Å². The first-order chi connectivity index (χ1) is 16.6. The van der Waals surface area contributed by atoms with Crippen LogP contribution in [-0.2, 0) is 5.54 Å². The first kappa shape index (κ1) is 22.3. The summed E-state index contributed by atoms with van der Waals surface area (Å²) in [4.78, 5) is 0. The Kier molecular flexibility index (Phi) is 6.14. The van der Waals surface area contributed by atoms with E-state index in [-0.39, 0.29) is 6.04 Å². The molecule has 34 heavy (non-hydrogen) atoms. The molecule has 0 unspecified atom stereocenters. The molecule has 1 aliphatic rings. The fraction of sp³-hybridized carbons (Fsp3) is 0.103. The predicted octanol–water partition coefficient (Wildman–Crippen LogP) is 6.97. The fourth-order valence-corrected chi connectivity index (χ4v) is 4.91. The average Bonchev–Trinajstić information content (AvgIpc) is 3.00. The predicted molar refractivity (Wildman–Crippen MR) is 137 cm³/mol. The quantitative estimate of drug-likeness (QED) is 0.283. The van der Waals surface area contributed by atoms with Crippen LogP contribution in [0.15, 0.2) is 126 Å². The molecule has 0 aliphatic carbocycles. The van der Waals surface area contributed by atoms with Gasteiger partial charge in [0, 0.05) is 10.0 Å². The molecule has 0 fully saturated rings. The summed E-state index contributed by atoms with van der Waals surface area (Å²) in [6, 6.07) is 36.3. The topological polar surface area (TPSA) is 44.7 Å². The van der Waals surface area contributed by atoms with E-state index in [4.69, 9.17) is 4.74 Å². The van der Waals surface area contributed by atoms with Crippen LogP contribution in [0.25, 0.3) is 0 Å². The summed E-state index contributed by atoms with van der Waals surface area (Å²) in [7, 11) is 0. The Morgan fingerprint density at radius 3 is 1.79 bits per heavy atom. The molecule has 2 N–H and O–H groups in total. The lowest BCUT2D eigenvalue weighted by Crippen LogP contribution is -2.47. The molecule has 0 saturated heterocycles. The van der Waals surface area contributed by atoms with Crippen LogP contribution in [0.5, 0.6) is 5.75 Å². The second-order valence-corrected chi connectivity index (χ2v) is 9.21. The third-order valence-electron chi connectivity index (χ3n) is 6.27. The zero-order valence-electron chi connectivity index (χ0n) is 18.7. The largest absolute Gasteiger partial charge is 0.461 e. The molecule has 0 radical (unpaired) electrons. The number of ether oxygens (including phenoxy) is 1. The van der Waals surface area contributed by atoms with E-state index in [0.717, 1.165) is 26.7 Å². The lowest BCUT2D eigenvalue weighted by atomic mass is 9.77. The van der Waals surface area contributed by atoms with Crippen molar-refractivity contribution in [3.05, 3.63) is 148 Å². The summed E-state index contributed by atoms with van der Waals surface area (Å²) in [6.45, 7) is 1.95. The van der Waals surface area contributed by atoms with Gasteiger partial charge in [0.1, 0.15) is 17.6 Å². The van der Waals surface area contributed by atoms with Gasteiger partial charge in [0.05, 0.1) is 6.04 Å². The average molecular weight is 513 g/mol. The van der Waals surface area contributed by atoms with Crippen LogP contribution in [0.2, 0.25) is 0 Å². The lowest BCUT2D eigenvalue weighted by molar-refractivity contribution is -0.0973. The first-order valence-electron chi connectivity index (χ1n) is 11.2. The van der Waals surface area contributed by atoms with Gasteiger partial charge in [0.2, 0.25) is 0 Å². The minimum atomic E-state index is -0.781. The van der Waals surface area contributed by atoms with Crippen LogP contribution < -0.4 is 10.1 Å². The number of hydrogen-bond acceptors (Lipinski definition) is 4. The summed E-state index contributed by atoms with van der Waals surface area (Å²) in [5, 5.41) is 16.3. The molecular formula is C29H25BrN2O2. The maximum absolute atomic E-state index is 11.4. The van der Waals surface area contributed by atoms with Crippen LogP contribution in [0.3, 0.4) is 0 Å². The van der Waals surface area contributed by atoms with Gasteiger partial charge in [0.25, 0.3) is 0 Å². The van der Waals surface area contributed by atoms with Gasteiger partial charge in [-0.3, -0.25) is 5.21 Å². The van der Waals surface area contributed by atoms with E-state index in [1.807, 2.05) is 79.7 Å². The van der Waals surface area contributed by atoms with E-state index in [2.05, 4.69) is 57.6 Å². The number of nitrogens with zero attached hydrogens (tertiary/aromatic N) is 1. The van der Waals surface area contributed by atoms with Gasteiger partial charge in [0.15, 0.2) is 5.82 Å². The highest BCUT2D eigenvalue weighted by atomic mass is 79.9. The molecule has 1 aliphatic heterocycles. The third-order valence-corrected chi connectivity index (χ3v) is 6.76. The van der Waals surface area contributed by atoms with Gasteiger partial charge in [-0.25, -0.2) is 5.06 Å². The van der Waals surface area contributed by atoms with Crippen LogP contribution in [-0.4, -0.2) is 10.3 Å². The summed E-state index contributed by atoms with van der Waals surface area (Å²) in [5.74, 6) is 1.16. The van der Waals surface area contributed by atoms with Crippen LogP contribution in [0, 0.1) is 0 Å². The van der Waals surface area contributed by atoms with Crippen molar-refractivity contribution in [2.45, 2.75) is 18.5 Å². The van der Waals surface area contributed by atoms with E-state index < -0.39 is 5.54 Å². The van der Waals surface area contributed by atoms with Crippen molar-refractivity contribution >= 4 is 15.9 Å². The molecule has 0 saturated carbocycles. The standard InChI is InChI=1S/C29H25BrN2O2/c1-21-26-19-25(30)17-18-27(26)34-20-28(32(21)33)31-29(22-11-5-2-6-12-22,23-13-7-3-8-14-23)24-15-9-4-10-16-24/h2-21,31,33H,1H3/t21-/m0/s1. The molecule has 0 amide bonds. The van der Waals surface area contributed by atoms with Crippen molar-refractivity contribution < 1.29 is 9.94 Å². The highest BCUT2D eigenvalue weighted by molar-refractivity contribution is 9.10. The minimum absolute atomic E-state index is 0.339. The number of halogens is 1. The molecular weight excluding hydrogens is 488 g/mol. The SMILES string of the molecule is C[C@H]1c2cc(Br)ccc2OC=C(NC(c2ccccc2)(c2ccccc2)c2ccccc2)N1O. The van der Waals surface area contributed by atoms with Crippen molar-refractivity contribution in [2.75, 3.05) is 0 Å². The van der Waals surface area contributed by atoms with Crippen LogP contribution >= 0.6 is 15.9 Å². The van der Waals surface area contributed by atoms with Crippen molar-refractivity contribution in [3.63, 3.8) is 0 Å². The second kappa shape index (κ2) is 9.37. The number of hydrogen-bond donors (Lipinski definition) is 2. The molecule has 170 valence electrons. The zero-order valence-corrected chi connectivity index (χ0v) is 20.3. The molecule has 0 aromatic heterocycles. The lowest BCUT2D eigenvalue weighted by Gasteiger charge is -2.40. The van der Waals surface area contributed by atoms with Crippen molar-refractivity contribution in [1.82, 2.24) is 10.4 Å². The van der Waals surface area contributed by atoms with E-state index in [1.165, 1.54) is 5.06 Å². The summed E-state index contributed by atoms with van der Waals surface area (Å²) < 4.78 is 6.99. The Morgan fingerprint density at radius 1 is 0.794 bits per heavy atom. The highest BCUT2D eigenvalue weighted by Crippen LogP contribution is 2.40. The van der Waals surface area contributed by atoms with Gasteiger partial charge in [-0.1, -0.05) is 107 Å². The fourth-order valence-electron chi connectivity index (χ4n) is 4.53. The highest BCUT2D eigenvalue weighted by Gasteiger charge is 2.39. The Bertz CT molecular complexity index is 1200. The third kappa shape index (κ3) is 3.98. The van der Waals surface area contributed by atoms with Gasteiger partial charge >= 0.3 is 0 Å². The number of hydroxylamine groups is 2. The molecule has 1 atom stereocenters. The van der Waals surface area contributed by atoms with E-state index >= 15 is 0 Å². The molecule has 5 heteroatoms. The van der Waals surface area contributed by atoms with Gasteiger partial charge < -0.3 is 10.1 Å². The molecule has 0 bridgehead atoms. The van der Waals surface area contributed by atoms with Gasteiger partial charge in [-0.15, -0.1) is 0 Å². The minimum Gasteiger partial charge on any atom is -0.461 e. The zero-order chi connectivity index (χ0) is 23.5. The number of benzene rings is 4. The molecule has 1 heterocycles. The normalized spacial score (nSPS) is 15.6. The molecule has 4 aromatic rings. The Morgan fingerprint density at radius 2 is 1.29 bits per heavy atom. The van der Waals surface area contributed by atoms with Crippen molar-refractivity contribution in [3.8, 4) is 5.75 Å². The number of rotatable bonds is 5. The summed E-state index contributed by atoms with van der Waals surface area (Å²) in [5.41, 5.74) is 3.22. The first-order valence-corrected chi connectivity index (χ1v) is 12.0. The smallest absolute Gasteiger partial charge is 0.163 e. The Balaban J connectivity index is 1.69. The monoisotopic (exact) mass is 512 g/mol. The molecule has 5 rings (SSSR count). The second-order valence-electron chi connectivity index (χ2n) is 8.30. The van der Waals surface area contributed by atoms with E-state index in [9.17, 15) is 5.21 Å².